The van der Waals surface area contributed by atoms with E-state index in [1.165, 1.54) is 21.8 Å². The predicted molar refractivity (Wildman–Crippen MR) is 90.5 cm³/mol. The second-order valence-electron chi connectivity index (χ2n) is 5.03. The Morgan fingerprint density at radius 3 is 2.81 bits per heavy atom. The lowest BCUT2D eigenvalue weighted by Gasteiger charge is -2.19. The Labute approximate surface area is 138 Å². The standard InChI is InChI=1S/C16H18BrN3S/c1-2-14-13-9-18-8-7-15(13)20-16(19-14)10-21-12-5-3-11(17)4-6-12/h3-6,18H,2,7-10H2,1H3. The van der Waals surface area contributed by atoms with Gasteiger partial charge in [0.1, 0.15) is 5.82 Å². The van der Waals surface area contributed by atoms with Gasteiger partial charge in [0.2, 0.25) is 0 Å². The largest absolute Gasteiger partial charge is 0.312 e. The van der Waals surface area contributed by atoms with Gasteiger partial charge in [0, 0.05) is 40.1 Å². The molecule has 0 aliphatic carbocycles. The molecule has 0 saturated carbocycles. The number of thioether (sulfide) groups is 1. The number of hydrogen-bond acceptors (Lipinski definition) is 4. The van der Waals surface area contributed by atoms with Crippen molar-refractivity contribution in [3.05, 3.63) is 51.5 Å². The van der Waals surface area contributed by atoms with Gasteiger partial charge in [-0.05, 0) is 30.7 Å². The number of halogens is 1. The summed E-state index contributed by atoms with van der Waals surface area (Å²) in [6.45, 7) is 4.11. The fraction of sp³-hybridized carbons (Fsp3) is 0.375. The van der Waals surface area contributed by atoms with Crippen molar-refractivity contribution in [2.45, 2.75) is 37.0 Å². The zero-order valence-electron chi connectivity index (χ0n) is 12.0. The third-order valence-electron chi connectivity index (χ3n) is 3.58. The van der Waals surface area contributed by atoms with E-state index in [2.05, 4.69) is 52.4 Å². The molecule has 2 aromatic rings. The molecule has 0 atom stereocenters. The van der Waals surface area contributed by atoms with Crippen molar-refractivity contribution in [3.8, 4) is 0 Å². The zero-order valence-corrected chi connectivity index (χ0v) is 14.4. The van der Waals surface area contributed by atoms with E-state index in [1.54, 1.807) is 11.8 Å². The fourth-order valence-electron chi connectivity index (χ4n) is 2.50. The molecule has 110 valence electrons. The van der Waals surface area contributed by atoms with E-state index in [-0.39, 0.29) is 0 Å². The molecule has 1 N–H and O–H groups in total. The molecule has 0 amide bonds. The van der Waals surface area contributed by atoms with Gasteiger partial charge in [0.25, 0.3) is 0 Å². The summed E-state index contributed by atoms with van der Waals surface area (Å²) in [4.78, 5) is 10.8. The first-order valence-corrected chi connectivity index (χ1v) is 9.00. The van der Waals surface area contributed by atoms with Crippen molar-refractivity contribution < 1.29 is 0 Å². The average molecular weight is 364 g/mol. The van der Waals surface area contributed by atoms with Crippen molar-refractivity contribution in [3.63, 3.8) is 0 Å². The molecule has 1 aromatic carbocycles. The monoisotopic (exact) mass is 363 g/mol. The minimum atomic E-state index is 0.829. The summed E-state index contributed by atoms with van der Waals surface area (Å²) >= 11 is 5.25. The van der Waals surface area contributed by atoms with Gasteiger partial charge < -0.3 is 5.32 Å². The van der Waals surface area contributed by atoms with E-state index in [0.29, 0.717) is 0 Å². The van der Waals surface area contributed by atoms with Crippen molar-refractivity contribution >= 4 is 27.7 Å². The first-order valence-electron chi connectivity index (χ1n) is 7.23. The highest BCUT2D eigenvalue weighted by atomic mass is 79.9. The Morgan fingerprint density at radius 1 is 1.24 bits per heavy atom. The lowest BCUT2D eigenvalue weighted by Crippen LogP contribution is -2.27. The summed E-state index contributed by atoms with van der Waals surface area (Å²) < 4.78 is 1.11. The molecule has 3 rings (SSSR count). The Morgan fingerprint density at radius 2 is 2.05 bits per heavy atom. The predicted octanol–water partition coefficient (Wildman–Crippen LogP) is 3.74. The van der Waals surface area contributed by atoms with E-state index in [1.807, 2.05) is 0 Å². The molecule has 0 bridgehead atoms. The SMILES string of the molecule is CCc1nc(CSc2ccc(Br)cc2)nc2c1CNCC2. The molecule has 1 aromatic heterocycles. The van der Waals surface area contributed by atoms with Crippen LogP contribution in [0.15, 0.2) is 33.6 Å². The summed E-state index contributed by atoms with van der Waals surface area (Å²) in [5.74, 6) is 1.79. The lowest BCUT2D eigenvalue weighted by molar-refractivity contribution is 0.613. The Hall–Kier alpha value is -0.910. The molecule has 2 heterocycles. The molecule has 0 fully saturated rings. The van der Waals surface area contributed by atoms with Crippen molar-refractivity contribution in [2.75, 3.05) is 6.54 Å². The van der Waals surface area contributed by atoms with Gasteiger partial charge in [-0.2, -0.15) is 0 Å². The average Bonchev–Trinajstić information content (AvgIpc) is 2.53. The smallest absolute Gasteiger partial charge is 0.139 e. The van der Waals surface area contributed by atoms with Crippen LogP contribution >= 0.6 is 27.7 Å². The molecule has 3 nitrogen and oxygen atoms in total. The van der Waals surface area contributed by atoms with Crippen molar-refractivity contribution in [1.29, 1.82) is 0 Å². The van der Waals surface area contributed by atoms with Gasteiger partial charge in [-0.3, -0.25) is 0 Å². The first-order chi connectivity index (χ1) is 10.3. The highest BCUT2D eigenvalue weighted by Gasteiger charge is 2.16. The maximum atomic E-state index is 4.77. The number of aryl methyl sites for hydroxylation is 1. The molecular formula is C16H18BrN3S. The first kappa shape index (κ1) is 15.0. The second kappa shape index (κ2) is 6.90. The van der Waals surface area contributed by atoms with Crippen molar-refractivity contribution in [2.24, 2.45) is 0 Å². The van der Waals surface area contributed by atoms with Crippen LogP contribution in [0.2, 0.25) is 0 Å². The number of nitrogens with zero attached hydrogens (tertiary/aromatic N) is 2. The maximum absolute atomic E-state index is 4.77. The number of nitrogens with one attached hydrogen (secondary N) is 1. The summed E-state index contributed by atoms with van der Waals surface area (Å²) in [6.07, 6.45) is 1.99. The van der Waals surface area contributed by atoms with Crippen LogP contribution < -0.4 is 5.32 Å². The van der Waals surface area contributed by atoms with Crippen LogP contribution in [0.25, 0.3) is 0 Å². The van der Waals surface area contributed by atoms with Crippen LogP contribution in [-0.4, -0.2) is 16.5 Å². The minimum Gasteiger partial charge on any atom is -0.312 e. The molecule has 0 spiro atoms. The normalized spacial score (nSPS) is 14.0. The highest BCUT2D eigenvalue weighted by molar-refractivity contribution is 9.10. The van der Waals surface area contributed by atoms with E-state index in [0.717, 1.165) is 42.0 Å². The molecule has 0 saturated heterocycles. The van der Waals surface area contributed by atoms with Gasteiger partial charge >= 0.3 is 0 Å². The third-order valence-corrected chi connectivity index (χ3v) is 5.12. The van der Waals surface area contributed by atoms with Crippen LogP contribution in [-0.2, 0) is 25.1 Å². The van der Waals surface area contributed by atoms with Crippen molar-refractivity contribution in [1.82, 2.24) is 15.3 Å². The molecule has 1 aliphatic heterocycles. The van der Waals surface area contributed by atoms with Gasteiger partial charge in [-0.25, -0.2) is 9.97 Å². The summed E-state index contributed by atoms with van der Waals surface area (Å²) in [6, 6.07) is 8.38. The molecule has 0 unspecified atom stereocenters. The van der Waals surface area contributed by atoms with E-state index < -0.39 is 0 Å². The Balaban J connectivity index is 1.77. The van der Waals surface area contributed by atoms with E-state index in [9.17, 15) is 0 Å². The maximum Gasteiger partial charge on any atom is 0.139 e. The Kier molecular flexibility index (Phi) is 4.93. The molecule has 21 heavy (non-hydrogen) atoms. The van der Waals surface area contributed by atoms with E-state index in [4.69, 9.17) is 9.97 Å². The fourth-order valence-corrected chi connectivity index (χ4v) is 3.52. The van der Waals surface area contributed by atoms with Gasteiger partial charge in [0.05, 0.1) is 11.4 Å². The topological polar surface area (TPSA) is 37.8 Å². The van der Waals surface area contributed by atoms with Crippen LogP contribution in [0.4, 0.5) is 0 Å². The number of rotatable bonds is 4. The van der Waals surface area contributed by atoms with Gasteiger partial charge in [0.15, 0.2) is 0 Å². The van der Waals surface area contributed by atoms with Crippen LogP contribution in [0.1, 0.15) is 29.7 Å². The second-order valence-corrected chi connectivity index (χ2v) is 7.00. The van der Waals surface area contributed by atoms with Crippen LogP contribution in [0.5, 0.6) is 0 Å². The minimum absolute atomic E-state index is 0.829. The van der Waals surface area contributed by atoms with Crippen LogP contribution in [0, 0.1) is 0 Å². The number of hydrogen-bond donors (Lipinski definition) is 1. The summed E-state index contributed by atoms with van der Waals surface area (Å²) in [5.41, 5.74) is 3.77. The van der Waals surface area contributed by atoms with Gasteiger partial charge in [-0.15, -0.1) is 11.8 Å². The number of benzene rings is 1. The Bertz CT molecular complexity index is 611. The molecule has 5 heteroatoms. The van der Waals surface area contributed by atoms with Crippen LogP contribution in [0.3, 0.4) is 0 Å². The number of aromatic nitrogens is 2. The number of fused-ring (bicyclic) bond motifs is 1. The highest BCUT2D eigenvalue weighted by Crippen LogP contribution is 2.24. The quantitative estimate of drug-likeness (QED) is 0.839. The molecular weight excluding hydrogens is 346 g/mol. The van der Waals surface area contributed by atoms with Gasteiger partial charge in [-0.1, -0.05) is 22.9 Å². The zero-order chi connectivity index (χ0) is 14.7. The third kappa shape index (κ3) is 3.65. The molecule has 1 aliphatic rings. The lowest BCUT2D eigenvalue weighted by atomic mass is 10.0. The summed E-state index contributed by atoms with van der Waals surface area (Å²) in [7, 11) is 0. The van der Waals surface area contributed by atoms with E-state index >= 15 is 0 Å². The molecule has 0 radical (unpaired) electrons. The summed E-state index contributed by atoms with van der Waals surface area (Å²) in [5, 5.41) is 3.41.